The quantitative estimate of drug-likeness (QED) is 0.861. The van der Waals surface area contributed by atoms with Crippen molar-refractivity contribution in [1.29, 1.82) is 0 Å². The average molecular weight is 389 g/mol. The Kier molecular flexibility index (Phi) is 5.85. The Morgan fingerprint density at radius 2 is 1.93 bits per heavy atom. The molecule has 0 bridgehead atoms. The molecular weight excluding hydrogens is 372 g/mol. The molecule has 0 saturated carbocycles. The first kappa shape index (κ1) is 19.0. The molecular formula is C19H17F2N3O2S. The minimum absolute atomic E-state index is 0.0127. The molecule has 2 aromatic rings. The van der Waals surface area contributed by atoms with Gasteiger partial charge in [0, 0.05) is 13.0 Å². The molecule has 0 aliphatic carbocycles. The number of para-hydroxylation sites is 1. The number of halogens is 2. The van der Waals surface area contributed by atoms with Crippen molar-refractivity contribution in [3.63, 3.8) is 0 Å². The van der Waals surface area contributed by atoms with Crippen molar-refractivity contribution in [3.05, 3.63) is 60.2 Å². The van der Waals surface area contributed by atoms with E-state index in [9.17, 15) is 18.4 Å². The average Bonchev–Trinajstić information content (AvgIpc) is 2.65. The molecule has 1 heterocycles. The minimum atomic E-state index is -0.737. The summed E-state index contributed by atoms with van der Waals surface area (Å²) in [5.41, 5.74) is 0.533. The Morgan fingerprint density at radius 1 is 1.22 bits per heavy atom. The Balaban J connectivity index is 1.81. The van der Waals surface area contributed by atoms with E-state index in [1.54, 1.807) is 13.0 Å². The maximum atomic E-state index is 13.8. The third-order valence-electron chi connectivity index (χ3n) is 3.93. The van der Waals surface area contributed by atoms with Crippen LogP contribution in [0.25, 0.3) is 0 Å². The summed E-state index contributed by atoms with van der Waals surface area (Å²) in [5, 5.41) is 2.13. The van der Waals surface area contributed by atoms with Crippen molar-refractivity contribution in [3.8, 4) is 0 Å². The lowest BCUT2D eigenvalue weighted by molar-refractivity contribution is -0.129. The monoisotopic (exact) mass is 389 g/mol. The number of rotatable bonds is 4. The van der Waals surface area contributed by atoms with Gasteiger partial charge in [0.05, 0.1) is 11.4 Å². The predicted molar refractivity (Wildman–Crippen MR) is 102 cm³/mol. The molecule has 1 atom stereocenters. The van der Waals surface area contributed by atoms with Crippen molar-refractivity contribution in [2.24, 2.45) is 4.99 Å². The van der Waals surface area contributed by atoms with Crippen LogP contribution in [0, 0.1) is 11.6 Å². The van der Waals surface area contributed by atoms with E-state index in [0.717, 1.165) is 11.8 Å². The fourth-order valence-corrected chi connectivity index (χ4v) is 3.72. The molecule has 0 aromatic heterocycles. The van der Waals surface area contributed by atoms with E-state index in [1.807, 2.05) is 0 Å². The summed E-state index contributed by atoms with van der Waals surface area (Å²) in [4.78, 5) is 30.8. The summed E-state index contributed by atoms with van der Waals surface area (Å²) in [5.74, 6) is -1.65. The van der Waals surface area contributed by atoms with Crippen molar-refractivity contribution >= 4 is 40.1 Å². The molecule has 2 aromatic carbocycles. The Morgan fingerprint density at radius 3 is 2.59 bits per heavy atom. The van der Waals surface area contributed by atoms with E-state index < -0.39 is 17.0 Å². The number of carbonyl (C=O) groups excluding carboxylic acids is 2. The van der Waals surface area contributed by atoms with E-state index in [2.05, 4.69) is 10.3 Å². The van der Waals surface area contributed by atoms with Gasteiger partial charge >= 0.3 is 0 Å². The summed E-state index contributed by atoms with van der Waals surface area (Å²) < 4.78 is 26.8. The number of nitrogens with zero attached hydrogens (tertiary/aromatic N) is 2. The molecule has 2 amide bonds. The molecule has 140 valence electrons. The van der Waals surface area contributed by atoms with Gasteiger partial charge in [0.1, 0.15) is 16.9 Å². The maximum absolute atomic E-state index is 13.8. The van der Waals surface area contributed by atoms with Gasteiger partial charge in [-0.2, -0.15) is 0 Å². The smallest absolute Gasteiger partial charge is 0.238 e. The zero-order valence-electron chi connectivity index (χ0n) is 14.5. The highest BCUT2D eigenvalue weighted by molar-refractivity contribution is 8.15. The SMILES string of the molecule is CCN1C(=O)C[C@@H](C(=O)Nc2ccccc2F)SC1=Nc1ccc(F)cc1. The molecule has 1 fully saturated rings. The van der Waals surface area contributed by atoms with Gasteiger partial charge in [-0.15, -0.1) is 0 Å². The second kappa shape index (κ2) is 8.30. The lowest BCUT2D eigenvalue weighted by atomic mass is 10.2. The van der Waals surface area contributed by atoms with Crippen LogP contribution >= 0.6 is 11.8 Å². The van der Waals surface area contributed by atoms with Crippen molar-refractivity contribution in [2.75, 3.05) is 11.9 Å². The summed E-state index contributed by atoms with van der Waals surface area (Å²) in [7, 11) is 0. The number of hydrogen-bond acceptors (Lipinski definition) is 4. The second-order valence-electron chi connectivity index (χ2n) is 5.79. The van der Waals surface area contributed by atoms with Crippen LogP contribution < -0.4 is 5.32 Å². The molecule has 0 spiro atoms. The van der Waals surface area contributed by atoms with E-state index >= 15 is 0 Å². The summed E-state index contributed by atoms with van der Waals surface area (Å²) in [6, 6.07) is 11.4. The van der Waals surface area contributed by atoms with Gasteiger partial charge in [-0.05, 0) is 43.3 Å². The van der Waals surface area contributed by atoms with Crippen LogP contribution in [0.1, 0.15) is 13.3 Å². The van der Waals surface area contributed by atoms with Gasteiger partial charge in [-0.1, -0.05) is 23.9 Å². The molecule has 1 aliphatic rings. The standard InChI is InChI=1S/C19H17F2N3O2S/c1-2-24-17(25)11-16(18(26)23-15-6-4-3-5-14(15)21)27-19(24)22-13-9-7-12(20)8-10-13/h3-10,16H,2,11H2,1H3,(H,23,26)/t16-/m0/s1. The van der Waals surface area contributed by atoms with Gasteiger partial charge in [-0.3, -0.25) is 14.5 Å². The zero-order chi connectivity index (χ0) is 19.4. The first-order valence-electron chi connectivity index (χ1n) is 8.34. The molecule has 1 N–H and O–H groups in total. The van der Waals surface area contributed by atoms with Crippen LogP contribution in [0.3, 0.4) is 0 Å². The zero-order valence-corrected chi connectivity index (χ0v) is 15.3. The Labute approximate surface area is 159 Å². The largest absolute Gasteiger partial charge is 0.323 e. The first-order valence-corrected chi connectivity index (χ1v) is 9.22. The number of nitrogens with one attached hydrogen (secondary N) is 1. The predicted octanol–water partition coefficient (Wildman–Crippen LogP) is 3.95. The van der Waals surface area contributed by atoms with E-state index in [-0.39, 0.29) is 23.8 Å². The van der Waals surface area contributed by atoms with Crippen LogP contribution in [0.5, 0.6) is 0 Å². The normalized spacial score (nSPS) is 18.6. The molecule has 3 rings (SSSR count). The lowest BCUT2D eigenvalue weighted by Crippen LogP contribution is -2.45. The number of hydrogen-bond donors (Lipinski definition) is 1. The lowest BCUT2D eigenvalue weighted by Gasteiger charge is -2.30. The summed E-state index contributed by atoms with van der Waals surface area (Å²) >= 11 is 1.13. The third-order valence-corrected chi connectivity index (χ3v) is 5.12. The maximum Gasteiger partial charge on any atom is 0.238 e. The van der Waals surface area contributed by atoms with Crippen LogP contribution in [-0.4, -0.2) is 33.7 Å². The molecule has 8 heteroatoms. The number of thioether (sulfide) groups is 1. The first-order chi connectivity index (χ1) is 13.0. The van der Waals surface area contributed by atoms with Gasteiger partial charge in [0.15, 0.2) is 5.17 Å². The number of amidine groups is 1. The van der Waals surface area contributed by atoms with Crippen molar-refractivity contribution in [2.45, 2.75) is 18.6 Å². The molecule has 1 aliphatic heterocycles. The van der Waals surface area contributed by atoms with Crippen LogP contribution in [0.4, 0.5) is 20.2 Å². The number of amides is 2. The van der Waals surface area contributed by atoms with Crippen molar-refractivity contribution in [1.82, 2.24) is 4.90 Å². The number of carbonyl (C=O) groups is 2. The number of benzene rings is 2. The highest BCUT2D eigenvalue weighted by Crippen LogP contribution is 2.30. The fraction of sp³-hybridized carbons (Fsp3) is 0.211. The number of aliphatic imine (C=N–C) groups is 1. The highest BCUT2D eigenvalue weighted by atomic mass is 32.2. The van der Waals surface area contributed by atoms with Crippen LogP contribution in [-0.2, 0) is 9.59 Å². The summed E-state index contributed by atoms with van der Waals surface area (Å²) in [6.45, 7) is 2.20. The van der Waals surface area contributed by atoms with Gasteiger partial charge in [-0.25, -0.2) is 13.8 Å². The number of anilines is 1. The van der Waals surface area contributed by atoms with Gasteiger partial charge < -0.3 is 5.32 Å². The van der Waals surface area contributed by atoms with E-state index in [0.29, 0.717) is 17.4 Å². The minimum Gasteiger partial charge on any atom is -0.323 e. The molecule has 0 unspecified atom stereocenters. The molecule has 1 saturated heterocycles. The second-order valence-corrected chi connectivity index (χ2v) is 6.96. The Hall–Kier alpha value is -2.74. The van der Waals surface area contributed by atoms with E-state index in [1.165, 1.54) is 47.4 Å². The Bertz CT molecular complexity index is 887. The molecule has 5 nitrogen and oxygen atoms in total. The molecule has 27 heavy (non-hydrogen) atoms. The fourth-order valence-electron chi connectivity index (χ4n) is 2.55. The van der Waals surface area contributed by atoms with Crippen LogP contribution in [0.2, 0.25) is 0 Å². The molecule has 0 radical (unpaired) electrons. The van der Waals surface area contributed by atoms with Crippen LogP contribution in [0.15, 0.2) is 53.5 Å². The topological polar surface area (TPSA) is 61.8 Å². The highest BCUT2D eigenvalue weighted by Gasteiger charge is 2.35. The van der Waals surface area contributed by atoms with Gasteiger partial charge in [0.2, 0.25) is 11.8 Å². The summed E-state index contributed by atoms with van der Waals surface area (Å²) in [6.07, 6.45) is -0.0127. The van der Waals surface area contributed by atoms with Gasteiger partial charge in [0.25, 0.3) is 0 Å². The van der Waals surface area contributed by atoms with Crippen molar-refractivity contribution < 1.29 is 18.4 Å². The van der Waals surface area contributed by atoms with E-state index in [4.69, 9.17) is 0 Å². The third kappa shape index (κ3) is 4.51.